The van der Waals surface area contributed by atoms with Crippen LogP contribution in [0.4, 0.5) is 4.79 Å². The van der Waals surface area contributed by atoms with E-state index in [-0.39, 0.29) is 24.8 Å². The first-order valence-electron chi connectivity index (χ1n) is 10.6. The molecule has 164 valence electrons. The van der Waals surface area contributed by atoms with Gasteiger partial charge >= 0.3 is 6.03 Å². The Balaban J connectivity index is 1.48. The first kappa shape index (κ1) is 22.0. The number of nitrogens with zero attached hydrogens (tertiary/aromatic N) is 4. The standard InChI is InChI=1S/C20H35N5O4/c1-19(2)17(27)25(18(28)21-19)9-5-16(26)24-8-4-6-20(29,7-10-24)15-23-13-11-22(3)12-14-23/h29H,4-15H2,1-3H3,(H,21,28). The Morgan fingerprint density at radius 2 is 1.76 bits per heavy atom. The number of carbonyl (C=O) groups excluding carboxylic acids is 3. The number of β-amino-alcohol motifs (C(OH)–C–C–N with tert-alkyl or cyclic N) is 1. The van der Waals surface area contributed by atoms with Gasteiger partial charge in [0.25, 0.3) is 5.91 Å². The molecule has 3 rings (SSSR count). The minimum Gasteiger partial charge on any atom is -0.388 e. The zero-order chi connectivity index (χ0) is 21.2. The molecule has 9 heteroatoms. The fraction of sp³-hybridized carbons (Fsp3) is 0.850. The molecule has 4 amide bonds. The van der Waals surface area contributed by atoms with Gasteiger partial charge in [-0.1, -0.05) is 0 Å². The first-order valence-corrected chi connectivity index (χ1v) is 10.6. The van der Waals surface area contributed by atoms with Gasteiger partial charge in [0, 0.05) is 58.8 Å². The van der Waals surface area contributed by atoms with Crippen LogP contribution in [0.25, 0.3) is 0 Å². The Morgan fingerprint density at radius 3 is 2.38 bits per heavy atom. The van der Waals surface area contributed by atoms with Crippen LogP contribution in [0, 0.1) is 0 Å². The van der Waals surface area contributed by atoms with E-state index < -0.39 is 17.2 Å². The molecular formula is C20H35N5O4. The van der Waals surface area contributed by atoms with Gasteiger partial charge < -0.3 is 20.2 Å². The van der Waals surface area contributed by atoms with Gasteiger partial charge in [0.15, 0.2) is 0 Å². The van der Waals surface area contributed by atoms with Crippen LogP contribution >= 0.6 is 0 Å². The lowest BCUT2D eigenvalue weighted by atomic mass is 9.94. The molecule has 0 aromatic heterocycles. The Morgan fingerprint density at radius 1 is 1.07 bits per heavy atom. The van der Waals surface area contributed by atoms with Crippen molar-refractivity contribution in [3.8, 4) is 0 Å². The molecule has 0 aromatic carbocycles. The molecule has 29 heavy (non-hydrogen) atoms. The molecule has 3 heterocycles. The number of likely N-dealkylation sites (tertiary alicyclic amines) is 1. The van der Waals surface area contributed by atoms with Gasteiger partial charge in [-0.2, -0.15) is 0 Å². The van der Waals surface area contributed by atoms with Crippen LogP contribution in [0.5, 0.6) is 0 Å². The summed E-state index contributed by atoms with van der Waals surface area (Å²) in [5, 5.41) is 13.7. The summed E-state index contributed by atoms with van der Waals surface area (Å²) in [7, 11) is 2.11. The second kappa shape index (κ2) is 8.57. The summed E-state index contributed by atoms with van der Waals surface area (Å²) in [5.74, 6) is -0.369. The molecule has 0 radical (unpaired) electrons. The van der Waals surface area contributed by atoms with Crippen molar-refractivity contribution in [2.24, 2.45) is 0 Å². The average molecular weight is 410 g/mol. The van der Waals surface area contributed by atoms with Gasteiger partial charge in [-0.3, -0.25) is 19.4 Å². The zero-order valence-corrected chi connectivity index (χ0v) is 17.9. The summed E-state index contributed by atoms with van der Waals surface area (Å²) < 4.78 is 0. The van der Waals surface area contributed by atoms with Gasteiger partial charge in [-0.05, 0) is 40.2 Å². The van der Waals surface area contributed by atoms with Crippen LogP contribution in [0.2, 0.25) is 0 Å². The lowest BCUT2D eigenvalue weighted by Gasteiger charge is -2.38. The number of piperazine rings is 1. The predicted octanol–water partition coefficient (Wildman–Crippen LogP) is -0.302. The van der Waals surface area contributed by atoms with E-state index in [1.54, 1.807) is 18.7 Å². The molecule has 3 fully saturated rings. The quantitative estimate of drug-likeness (QED) is 0.605. The first-order chi connectivity index (χ1) is 13.6. The third-order valence-electron chi connectivity index (χ3n) is 6.38. The Bertz CT molecular complexity index is 647. The van der Waals surface area contributed by atoms with E-state index in [2.05, 4.69) is 22.2 Å². The molecular weight excluding hydrogens is 374 g/mol. The highest BCUT2D eigenvalue weighted by molar-refractivity contribution is 6.06. The number of rotatable bonds is 5. The van der Waals surface area contributed by atoms with E-state index in [1.807, 2.05) is 0 Å². The van der Waals surface area contributed by atoms with E-state index in [0.717, 1.165) is 37.5 Å². The number of nitrogens with one attached hydrogen (secondary N) is 1. The second-order valence-corrected chi connectivity index (χ2v) is 9.30. The van der Waals surface area contributed by atoms with Gasteiger partial charge in [-0.15, -0.1) is 0 Å². The van der Waals surface area contributed by atoms with Crippen LogP contribution < -0.4 is 5.32 Å². The molecule has 0 aromatic rings. The molecule has 3 aliphatic rings. The number of imide groups is 1. The van der Waals surface area contributed by atoms with Gasteiger partial charge in [-0.25, -0.2) is 4.79 Å². The fourth-order valence-electron chi connectivity index (χ4n) is 4.40. The average Bonchev–Trinajstić information content (AvgIpc) is 2.78. The lowest BCUT2D eigenvalue weighted by molar-refractivity contribution is -0.133. The van der Waals surface area contributed by atoms with Gasteiger partial charge in [0.2, 0.25) is 5.91 Å². The van der Waals surface area contributed by atoms with Crippen LogP contribution in [-0.4, -0.2) is 113 Å². The summed E-state index contributed by atoms with van der Waals surface area (Å²) >= 11 is 0. The van der Waals surface area contributed by atoms with Crippen LogP contribution in [0.15, 0.2) is 0 Å². The van der Waals surface area contributed by atoms with E-state index in [1.165, 1.54) is 0 Å². The number of hydrogen-bond acceptors (Lipinski definition) is 6. The summed E-state index contributed by atoms with van der Waals surface area (Å²) in [6.45, 7) is 9.13. The summed E-state index contributed by atoms with van der Waals surface area (Å²) in [4.78, 5) is 44.4. The molecule has 1 unspecified atom stereocenters. The van der Waals surface area contributed by atoms with E-state index in [4.69, 9.17) is 0 Å². The van der Waals surface area contributed by atoms with E-state index >= 15 is 0 Å². The summed E-state index contributed by atoms with van der Waals surface area (Å²) in [6.07, 6.45) is 2.11. The minimum absolute atomic E-state index is 0.0702. The predicted molar refractivity (Wildman–Crippen MR) is 108 cm³/mol. The second-order valence-electron chi connectivity index (χ2n) is 9.30. The SMILES string of the molecule is CN1CCN(CC2(O)CCCN(C(=O)CCN3C(=O)NC(C)(C)C3=O)CC2)CC1. The molecule has 9 nitrogen and oxygen atoms in total. The number of hydrogen-bond donors (Lipinski definition) is 2. The molecule has 2 N–H and O–H groups in total. The molecule has 3 aliphatic heterocycles. The number of aliphatic hydroxyl groups is 1. The van der Waals surface area contributed by atoms with Crippen LogP contribution in [-0.2, 0) is 9.59 Å². The highest BCUT2D eigenvalue weighted by Crippen LogP contribution is 2.25. The maximum atomic E-state index is 12.7. The maximum Gasteiger partial charge on any atom is 0.325 e. The van der Waals surface area contributed by atoms with E-state index in [9.17, 15) is 19.5 Å². The van der Waals surface area contributed by atoms with Gasteiger partial charge in [0.1, 0.15) is 5.54 Å². The van der Waals surface area contributed by atoms with Crippen molar-refractivity contribution in [3.63, 3.8) is 0 Å². The number of carbonyl (C=O) groups is 3. The zero-order valence-electron chi connectivity index (χ0n) is 17.9. The Kier molecular flexibility index (Phi) is 6.50. The van der Waals surface area contributed by atoms with E-state index in [0.29, 0.717) is 32.5 Å². The maximum absolute atomic E-state index is 12.7. The Hall–Kier alpha value is -1.71. The van der Waals surface area contributed by atoms with Crippen molar-refractivity contribution in [2.45, 2.75) is 50.7 Å². The highest BCUT2D eigenvalue weighted by Gasteiger charge is 2.44. The summed E-state index contributed by atoms with van der Waals surface area (Å²) in [5.41, 5.74) is -1.68. The number of amides is 4. The smallest absolute Gasteiger partial charge is 0.325 e. The normalized spacial score (nSPS) is 29.1. The van der Waals surface area contributed by atoms with Gasteiger partial charge in [0.05, 0.1) is 5.60 Å². The van der Waals surface area contributed by atoms with Crippen molar-refractivity contribution in [3.05, 3.63) is 0 Å². The molecule has 0 bridgehead atoms. The topological polar surface area (TPSA) is 96.4 Å². The minimum atomic E-state index is -0.914. The summed E-state index contributed by atoms with van der Waals surface area (Å²) in [6, 6.07) is -0.440. The number of likely N-dealkylation sites (N-methyl/N-ethyl adjacent to an activating group) is 1. The largest absolute Gasteiger partial charge is 0.388 e. The fourth-order valence-corrected chi connectivity index (χ4v) is 4.40. The number of urea groups is 1. The third-order valence-corrected chi connectivity index (χ3v) is 6.38. The van der Waals surface area contributed by atoms with Crippen molar-refractivity contribution < 1.29 is 19.5 Å². The molecule has 0 aliphatic carbocycles. The third kappa shape index (κ3) is 5.26. The molecule has 0 saturated carbocycles. The van der Waals surface area contributed by atoms with Crippen molar-refractivity contribution in [1.82, 2.24) is 24.9 Å². The van der Waals surface area contributed by atoms with Crippen molar-refractivity contribution >= 4 is 17.8 Å². The monoisotopic (exact) mass is 409 g/mol. The highest BCUT2D eigenvalue weighted by atomic mass is 16.3. The Labute approximate surface area is 173 Å². The molecule has 3 saturated heterocycles. The van der Waals surface area contributed by atoms with Crippen LogP contribution in [0.1, 0.15) is 39.5 Å². The molecule has 0 spiro atoms. The van der Waals surface area contributed by atoms with Crippen molar-refractivity contribution in [1.29, 1.82) is 0 Å². The molecule has 1 atom stereocenters. The lowest BCUT2D eigenvalue weighted by Crippen LogP contribution is -2.51. The van der Waals surface area contributed by atoms with Crippen molar-refractivity contribution in [2.75, 3.05) is 59.4 Å². The van der Waals surface area contributed by atoms with Crippen LogP contribution in [0.3, 0.4) is 0 Å².